The van der Waals surface area contributed by atoms with Crippen LogP contribution >= 0.6 is 23.2 Å². The van der Waals surface area contributed by atoms with E-state index in [2.05, 4.69) is 20.5 Å². The highest BCUT2D eigenvalue weighted by atomic mass is 35.5. The first-order valence-corrected chi connectivity index (χ1v) is 12.8. The monoisotopic (exact) mass is 565 g/mol. The molecular weight excluding hydrogens is 545 g/mol. The number of fused-ring (bicyclic) bond motifs is 1. The third-order valence-corrected chi connectivity index (χ3v) is 7.52. The third kappa shape index (κ3) is 4.14. The van der Waals surface area contributed by atoms with E-state index in [1.807, 2.05) is 24.3 Å². The molecule has 198 valence electrons. The van der Waals surface area contributed by atoms with Gasteiger partial charge in [0.1, 0.15) is 16.8 Å². The molecule has 2 N–H and O–H groups in total. The third-order valence-electron chi connectivity index (χ3n) is 7.09. The van der Waals surface area contributed by atoms with Gasteiger partial charge in [-0.05, 0) is 55.7 Å². The van der Waals surface area contributed by atoms with E-state index in [0.717, 1.165) is 11.3 Å². The molecule has 0 unspecified atom stereocenters. The zero-order valence-corrected chi connectivity index (χ0v) is 22.0. The van der Waals surface area contributed by atoms with E-state index >= 15 is 0 Å². The molecule has 4 aromatic rings. The smallest absolute Gasteiger partial charge is 0.329 e. The summed E-state index contributed by atoms with van der Waals surface area (Å²) in [5.74, 6) is -1.88. The van der Waals surface area contributed by atoms with Gasteiger partial charge >= 0.3 is 5.97 Å². The van der Waals surface area contributed by atoms with Crippen molar-refractivity contribution < 1.29 is 19.5 Å². The van der Waals surface area contributed by atoms with Gasteiger partial charge in [-0.3, -0.25) is 14.2 Å². The zero-order chi connectivity index (χ0) is 27.5. The molecular formula is C26H21Cl2N7O4. The van der Waals surface area contributed by atoms with E-state index < -0.39 is 23.0 Å². The Kier molecular flexibility index (Phi) is 5.74. The van der Waals surface area contributed by atoms with Crippen LogP contribution < -0.4 is 10.2 Å². The average Bonchev–Trinajstić information content (AvgIpc) is 3.22. The molecule has 0 radical (unpaired) electrons. The maximum atomic E-state index is 14.1. The fourth-order valence-electron chi connectivity index (χ4n) is 4.92. The molecule has 2 aliphatic rings. The van der Waals surface area contributed by atoms with Crippen molar-refractivity contribution in [2.75, 3.05) is 4.90 Å². The van der Waals surface area contributed by atoms with Gasteiger partial charge in [-0.2, -0.15) is 15.0 Å². The van der Waals surface area contributed by atoms with Crippen molar-refractivity contribution in [2.45, 2.75) is 37.3 Å². The molecule has 13 heteroatoms. The highest BCUT2D eigenvalue weighted by Gasteiger charge is 2.54. The van der Waals surface area contributed by atoms with Gasteiger partial charge in [-0.1, -0.05) is 35.3 Å². The lowest BCUT2D eigenvalue weighted by Gasteiger charge is -2.27. The van der Waals surface area contributed by atoms with E-state index in [4.69, 9.17) is 23.2 Å². The molecule has 11 nitrogen and oxygen atoms in total. The van der Waals surface area contributed by atoms with Crippen molar-refractivity contribution in [1.82, 2.24) is 29.9 Å². The minimum Gasteiger partial charge on any atom is -0.480 e. The minimum absolute atomic E-state index is 0.0707. The number of benzene rings is 2. The van der Waals surface area contributed by atoms with Gasteiger partial charge in [0.05, 0.1) is 30.0 Å². The Balaban J connectivity index is 1.42. The molecule has 2 aromatic carbocycles. The molecule has 2 amide bonds. The Hall–Kier alpha value is -4.22. The standard InChI is InChI=1S/C26H21Cl2N7O4/c1-25(13-15-2-4-18(5-3-15)35-30-8-9-31-35)22(37)33(19-11-16(27)10-17(28)12-19)24-29-14-20(34(24)25)21(36)32-26(6-7-26)23(38)39/h2-5,8-12,14H,6-7,13H2,1H3,(H,32,36)(H,38,39)/t25-/m1/s1. The highest BCUT2D eigenvalue weighted by molar-refractivity contribution is 6.35. The number of nitrogens with zero attached hydrogens (tertiary/aromatic N) is 6. The number of carbonyl (C=O) groups is 3. The number of carboxylic acid groups (broad SMARTS) is 1. The number of imidazole rings is 1. The Morgan fingerprint density at radius 1 is 1.03 bits per heavy atom. The van der Waals surface area contributed by atoms with E-state index in [0.29, 0.717) is 28.6 Å². The zero-order valence-electron chi connectivity index (χ0n) is 20.5. The minimum atomic E-state index is -1.31. The van der Waals surface area contributed by atoms with E-state index in [-0.39, 0.29) is 24.0 Å². The number of aliphatic carboxylic acids is 1. The molecule has 1 atom stereocenters. The fourth-order valence-corrected chi connectivity index (χ4v) is 5.44. The Bertz CT molecular complexity index is 1610. The number of nitrogens with one attached hydrogen (secondary N) is 1. The Labute approximate surface area is 232 Å². The van der Waals surface area contributed by atoms with Crippen LogP contribution in [0.5, 0.6) is 0 Å². The van der Waals surface area contributed by atoms with E-state index in [1.54, 1.807) is 42.1 Å². The number of aromatic nitrogens is 5. The predicted molar refractivity (Wildman–Crippen MR) is 142 cm³/mol. The van der Waals surface area contributed by atoms with Crippen molar-refractivity contribution in [3.8, 4) is 5.69 Å². The van der Waals surface area contributed by atoms with Crippen molar-refractivity contribution >= 4 is 52.6 Å². The van der Waals surface area contributed by atoms with Gasteiger partial charge in [-0.25, -0.2) is 14.7 Å². The highest BCUT2D eigenvalue weighted by Crippen LogP contribution is 2.44. The average molecular weight is 566 g/mol. The van der Waals surface area contributed by atoms with Crippen LogP contribution in [0.4, 0.5) is 11.6 Å². The van der Waals surface area contributed by atoms with Crippen LogP contribution in [0.1, 0.15) is 35.8 Å². The van der Waals surface area contributed by atoms with Crippen molar-refractivity contribution in [3.05, 3.63) is 82.4 Å². The molecule has 2 aromatic heterocycles. The number of hydrogen-bond acceptors (Lipinski definition) is 6. The molecule has 6 rings (SSSR count). The van der Waals surface area contributed by atoms with Crippen LogP contribution in [0.25, 0.3) is 5.69 Å². The molecule has 0 saturated heterocycles. The number of anilines is 2. The van der Waals surface area contributed by atoms with Crippen molar-refractivity contribution in [1.29, 1.82) is 0 Å². The van der Waals surface area contributed by atoms with E-state index in [1.165, 1.54) is 15.9 Å². The second kappa shape index (κ2) is 8.92. The second-order valence-corrected chi connectivity index (χ2v) is 10.7. The first-order chi connectivity index (χ1) is 18.6. The number of carboxylic acids is 1. The summed E-state index contributed by atoms with van der Waals surface area (Å²) in [5, 5.41) is 21.1. The number of rotatable bonds is 7. The first-order valence-electron chi connectivity index (χ1n) is 12.0. The summed E-state index contributed by atoms with van der Waals surface area (Å²) < 4.78 is 1.56. The van der Waals surface area contributed by atoms with Gasteiger partial charge < -0.3 is 10.4 Å². The van der Waals surface area contributed by atoms with Crippen LogP contribution in [0, 0.1) is 0 Å². The quantitative estimate of drug-likeness (QED) is 0.348. The van der Waals surface area contributed by atoms with Gasteiger partial charge in [0.15, 0.2) is 0 Å². The summed E-state index contributed by atoms with van der Waals surface area (Å²) >= 11 is 12.5. The van der Waals surface area contributed by atoms with Gasteiger partial charge in [-0.15, -0.1) is 0 Å². The summed E-state index contributed by atoms with van der Waals surface area (Å²) in [5.41, 5.74) is -0.585. The van der Waals surface area contributed by atoms with Gasteiger partial charge in [0.25, 0.3) is 11.8 Å². The van der Waals surface area contributed by atoms with Crippen molar-refractivity contribution in [2.24, 2.45) is 0 Å². The van der Waals surface area contributed by atoms with Crippen LogP contribution in [0.15, 0.2) is 61.1 Å². The maximum Gasteiger partial charge on any atom is 0.329 e. The summed E-state index contributed by atoms with van der Waals surface area (Å²) in [4.78, 5) is 46.5. The summed E-state index contributed by atoms with van der Waals surface area (Å²) in [6, 6.07) is 12.1. The molecule has 0 spiro atoms. The number of amides is 2. The molecule has 1 aliphatic heterocycles. The lowest BCUT2D eigenvalue weighted by molar-refractivity contribution is -0.140. The number of carbonyl (C=O) groups excluding carboxylic acids is 2. The van der Waals surface area contributed by atoms with Crippen molar-refractivity contribution in [3.63, 3.8) is 0 Å². The predicted octanol–water partition coefficient (Wildman–Crippen LogP) is 3.75. The normalized spacial score (nSPS) is 19.2. The summed E-state index contributed by atoms with van der Waals surface area (Å²) in [7, 11) is 0. The van der Waals surface area contributed by atoms with Gasteiger partial charge in [0.2, 0.25) is 5.95 Å². The summed E-state index contributed by atoms with van der Waals surface area (Å²) in [6.45, 7) is 1.72. The molecule has 39 heavy (non-hydrogen) atoms. The molecule has 1 saturated carbocycles. The molecule has 1 aliphatic carbocycles. The van der Waals surface area contributed by atoms with Crippen LogP contribution in [-0.4, -0.2) is 53.0 Å². The Morgan fingerprint density at radius 3 is 2.26 bits per heavy atom. The molecule has 0 bridgehead atoms. The number of hydrogen-bond donors (Lipinski definition) is 2. The first kappa shape index (κ1) is 25.1. The Morgan fingerprint density at radius 2 is 1.67 bits per heavy atom. The largest absolute Gasteiger partial charge is 0.480 e. The van der Waals surface area contributed by atoms with Crippen LogP contribution in [0.2, 0.25) is 10.0 Å². The molecule has 1 fully saturated rings. The van der Waals surface area contributed by atoms with Crippen LogP contribution in [-0.2, 0) is 21.5 Å². The second-order valence-electron chi connectivity index (χ2n) is 9.82. The number of halogens is 2. The summed E-state index contributed by atoms with van der Waals surface area (Å²) in [6.07, 6.45) is 5.36. The molecule has 3 heterocycles. The van der Waals surface area contributed by atoms with E-state index in [9.17, 15) is 19.5 Å². The maximum absolute atomic E-state index is 14.1. The van der Waals surface area contributed by atoms with Gasteiger partial charge in [0, 0.05) is 16.5 Å². The SMILES string of the molecule is C[C@@]1(Cc2ccc(-n3nccn3)cc2)C(=O)N(c2cc(Cl)cc(Cl)c2)c2ncc(C(=O)NC3(C(=O)O)CC3)n21. The topological polar surface area (TPSA) is 135 Å². The van der Waals surface area contributed by atoms with Crippen LogP contribution in [0.3, 0.4) is 0 Å². The lowest BCUT2D eigenvalue weighted by Crippen LogP contribution is -2.46. The lowest BCUT2D eigenvalue weighted by atomic mass is 9.91. The fraction of sp³-hybridized carbons (Fsp3) is 0.231.